The molecule has 6 heteroatoms. The molecule has 0 N–H and O–H groups in total. The molecule has 2 aromatic rings. The van der Waals surface area contributed by atoms with Crippen molar-refractivity contribution >= 4 is 57.6 Å². The number of carbonyl (C=O) groups is 1. The molecule has 1 amide bonds. The van der Waals surface area contributed by atoms with Gasteiger partial charge in [-0.05, 0) is 42.0 Å². The third kappa shape index (κ3) is 3.42. The summed E-state index contributed by atoms with van der Waals surface area (Å²) in [4.78, 5) is 14.7. The average molecular weight is 362 g/mol. The van der Waals surface area contributed by atoms with E-state index in [0.29, 0.717) is 19.9 Å². The number of methoxy groups -OCH3 is 1. The molecule has 0 bridgehead atoms. The van der Waals surface area contributed by atoms with Crippen molar-refractivity contribution in [2.75, 3.05) is 12.0 Å². The first-order chi connectivity index (χ1) is 11.1. The van der Waals surface area contributed by atoms with E-state index in [-0.39, 0.29) is 5.91 Å². The van der Waals surface area contributed by atoms with E-state index in [1.165, 1.54) is 16.7 Å². The van der Waals surface area contributed by atoms with E-state index in [9.17, 15) is 4.79 Å². The standard InChI is InChI=1S/C17H12ClNO2S2/c1-21-14-7-5-11(6-8-14)9-15-16(20)19(17(22)23-15)13-4-2-3-12(18)10-13/h2-10H,1H3/b15-9+. The van der Waals surface area contributed by atoms with Gasteiger partial charge in [0.1, 0.15) is 5.75 Å². The largest absolute Gasteiger partial charge is 0.497 e. The zero-order valence-corrected chi connectivity index (χ0v) is 14.5. The highest BCUT2D eigenvalue weighted by molar-refractivity contribution is 8.27. The summed E-state index contributed by atoms with van der Waals surface area (Å²) in [6.45, 7) is 0. The van der Waals surface area contributed by atoms with Crippen LogP contribution in [0, 0.1) is 0 Å². The number of anilines is 1. The van der Waals surface area contributed by atoms with Crippen molar-refractivity contribution < 1.29 is 9.53 Å². The third-order valence-corrected chi connectivity index (χ3v) is 4.81. The first-order valence-corrected chi connectivity index (χ1v) is 8.36. The molecule has 116 valence electrons. The Balaban J connectivity index is 1.89. The van der Waals surface area contributed by atoms with Crippen LogP contribution in [0.4, 0.5) is 5.69 Å². The van der Waals surface area contributed by atoms with Crippen LogP contribution < -0.4 is 9.64 Å². The zero-order valence-electron chi connectivity index (χ0n) is 12.2. The third-order valence-electron chi connectivity index (χ3n) is 3.27. The minimum Gasteiger partial charge on any atom is -0.497 e. The minimum absolute atomic E-state index is 0.141. The molecular weight excluding hydrogens is 350 g/mol. The lowest BCUT2D eigenvalue weighted by Gasteiger charge is -2.14. The van der Waals surface area contributed by atoms with Crippen molar-refractivity contribution in [3.8, 4) is 5.75 Å². The van der Waals surface area contributed by atoms with Gasteiger partial charge in [0, 0.05) is 5.02 Å². The Bertz CT molecular complexity index is 802. The molecule has 3 nitrogen and oxygen atoms in total. The molecule has 1 fully saturated rings. The van der Waals surface area contributed by atoms with E-state index >= 15 is 0 Å². The minimum atomic E-state index is -0.141. The van der Waals surface area contributed by atoms with Crippen molar-refractivity contribution in [3.63, 3.8) is 0 Å². The van der Waals surface area contributed by atoms with E-state index in [2.05, 4.69) is 0 Å². The van der Waals surface area contributed by atoms with Crippen LogP contribution in [0.25, 0.3) is 6.08 Å². The maximum absolute atomic E-state index is 12.6. The normalized spacial score (nSPS) is 16.3. The molecule has 0 saturated carbocycles. The second-order valence-corrected chi connectivity index (χ2v) is 6.88. The fourth-order valence-electron chi connectivity index (χ4n) is 2.16. The fraction of sp³-hybridized carbons (Fsp3) is 0.0588. The molecule has 1 heterocycles. The summed E-state index contributed by atoms with van der Waals surface area (Å²) in [7, 11) is 1.62. The molecular formula is C17H12ClNO2S2. The Hall–Kier alpha value is -1.82. The Morgan fingerprint density at radius 2 is 1.96 bits per heavy atom. The van der Waals surface area contributed by atoms with Gasteiger partial charge in [0.15, 0.2) is 4.32 Å². The van der Waals surface area contributed by atoms with Crippen molar-refractivity contribution in [1.29, 1.82) is 0 Å². The number of carbonyl (C=O) groups excluding carboxylic acids is 1. The van der Waals surface area contributed by atoms with Crippen molar-refractivity contribution in [2.24, 2.45) is 0 Å². The lowest BCUT2D eigenvalue weighted by atomic mass is 10.2. The summed E-state index contributed by atoms with van der Waals surface area (Å²) < 4.78 is 5.63. The number of rotatable bonds is 3. The summed E-state index contributed by atoms with van der Waals surface area (Å²) >= 11 is 12.6. The predicted octanol–water partition coefficient (Wildman–Crippen LogP) is 4.75. The second kappa shape index (κ2) is 6.74. The number of thiocarbonyl (C=S) groups is 1. The molecule has 0 atom stereocenters. The number of halogens is 1. The van der Waals surface area contributed by atoms with Gasteiger partial charge >= 0.3 is 0 Å². The molecule has 0 aliphatic carbocycles. The van der Waals surface area contributed by atoms with Crippen molar-refractivity contribution in [1.82, 2.24) is 0 Å². The Morgan fingerprint density at radius 1 is 1.22 bits per heavy atom. The summed E-state index contributed by atoms with van der Waals surface area (Å²) in [6, 6.07) is 14.6. The Morgan fingerprint density at radius 3 is 2.61 bits per heavy atom. The molecule has 23 heavy (non-hydrogen) atoms. The van der Waals surface area contributed by atoms with E-state index in [0.717, 1.165) is 11.3 Å². The summed E-state index contributed by atoms with van der Waals surface area (Å²) in [5.74, 6) is 0.631. The molecule has 1 saturated heterocycles. The van der Waals surface area contributed by atoms with Gasteiger partial charge in [-0.25, -0.2) is 0 Å². The van der Waals surface area contributed by atoms with Gasteiger partial charge in [-0.2, -0.15) is 0 Å². The average Bonchev–Trinajstić information content (AvgIpc) is 2.82. The fourth-order valence-corrected chi connectivity index (χ4v) is 3.64. The Labute approximate surface area is 148 Å². The monoisotopic (exact) mass is 361 g/mol. The number of hydrogen-bond donors (Lipinski definition) is 0. The van der Waals surface area contributed by atoms with E-state index in [4.69, 9.17) is 28.6 Å². The van der Waals surface area contributed by atoms with Crippen LogP contribution >= 0.6 is 35.6 Å². The quantitative estimate of drug-likeness (QED) is 0.582. The van der Waals surface area contributed by atoms with Crippen LogP contribution in [-0.2, 0) is 4.79 Å². The highest BCUT2D eigenvalue weighted by Crippen LogP contribution is 2.36. The van der Waals surface area contributed by atoms with Gasteiger partial charge in [-0.3, -0.25) is 9.69 Å². The molecule has 1 aliphatic heterocycles. The highest BCUT2D eigenvalue weighted by Gasteiger charge is 2.33. The number of thioether (sulfide) groups is 1. The van der Waals surface area contributed by atoms with Crippen LogP contribution in [0.1, 0.15) is 5.56 Å². The highest BCUT2D eigenvalue weighted by atomic mass is 35.5. The second-order valence-electron chi connectivity index (χ2n) is 4.77. The van der Waals surface area contributed by atoms with E-state index in [1.54, 1.807) is 25.3 Å². The molecule has 1 aliphatic rings. The summed E-state index contributed by atoms with van der Waals surface area (Å²) in [5, 5.41) is 0.565. The summed E-state index contributed by atoms with van der Waals surface area (Å²) in [6.07, 6.45) is 1.82. The number of nitrogens with zero attached hydrogens (tertiary/aromatic N) is 1. The topological polar surface area (TPSA) is 29.5 Å². The maximum Gasteiger partial charge on any atom is 0.270 e. The van der Waals surface area contributed by atoms with Gasteiger partial charge in [0.05, 0.1) is 17.7 Å². The van der Waals surface area contributed by atoms with Gasteiger partial charge in [-0.15, -0.1) is 0 Å². The lowest BCUT2D eigenvalue weighted by molar-refractivity contribution is -0.113. The van der Waals surface area contributed by atoms with E-state index < -0.39 is 0 Å². The van der Waals surface area contributed by atoms with Crippen LogP contribution in [0.5, 0.6) is 5.75 Å². The van der Waals surface area contributed by atoms with Crippen LogP contribution in [-0.4, -0.2) is 17.3 Å². The molecule has 3 rings (SSSR count). The maximum atomic E-state index is 12.6. The number of amides is 1. The lowest BCUT2D eigenvalue weighted by Crippen LogP contribution is -2.27. The van der Waals surface area contributed by atoms with Crippen LogP contribution in [0.15, 0.2) is 53.4 Å². The first-order valence-electron chi connectivity index (χ1n) is 6.76. The SMILES string of the molecule is COc1ccc(/C=C2/SC(=S)N(c3cccc(Cl)c3)C2=O)cc1. The first kappa shape index (κ1) is 16.1. The van der Waals surface area contributed by atoms with Gasteiger partial charge < -0.3 is 4.74 Å². The number of hydrogen-bond acceptors (Lipinski definition) is 4. The van der Waals surface area contributed by atoms with Crippen molar-refractivity contribution in [2.45, 2.75) is 0 Å². The van der Waals surface area contributed by atoms with Crippen LogP contribution in [0.2, 0.25) is 5.02 Å². The van der Waals surface area contributed by atoms with Crippen molar-refractivity contribution in [3.05, 3.63) is 64.0 Å². The molecule has 0 aromatic heterocycles. The van der Waals surface area contributed by atoms with Crippen LogP contribution in [0.3, 0.4) is 0 Å². The van der Waals surface area contributed by atoms with Gasteiger partial charge in [0.2, 0.25) is 0 Å². The molecule has 0 unspecified atom stereocenters. The van der Waals surface area contributed by atoms with E-state index in [1.807, 2.05) is 36.4 Å². The predicted molar refractivity (Wildman–Crippen MR) is 100 cm³/mol. The van der Waals surface area contributed by atoms with Gasteiger partial charge in [0.25, 0.3) is 5.91 Å². The number of ether oxygens (including phenoxy) is 1. The Kier molecular flexibility index (Phi) is 4.71. The zero-order chi connectivity index (χ0) is 16.4. The number of benzene rings is 2. The smallest absolute Gasteiger partial charge is 0.270 e. The summed E-state index contributed by atoms with van der Waals surface area (Å²) in [5.41, 5.74) is 1.59. The van der Waals surface area contributed by atoms with Gasteiger partial charge in [-0.1, -0.05) is 53.8 Å². The molecule has 0 spiro atoms. The molecule has 2 aromatic carbocycles. The molecule has 0 radical (unpaired) electrons.